The van der Waals surface area contributed by atoms with E-state index < -0.39 is 5.60 Å². The van der Waals surface area contributed by atoms with E-state index in [1.54, 1.807) is 11.5 Å². The highest BCUT2D eigenvalue weighted by Gasteiger charge is 2.43. The number of Topliss-reactive ketones (excluding diaryl/α,β-unsaturated/α-hetero) is 1. The van der Waals surface area contributed by atoms with Gasteiger partial charge in [-0.25, -0.2) is 4.98 Å². The van der Waals surface area contributed by atoms with Crippen LogP contribution in [0.5, 0.6) is 5.75 Å². The van der Waals surface area contributed by atoms with Crippen molar-refractivity contribution >= 4 is 16.7 Å². The summed E-state index contributed by atoms with van der Waals surface area (Å²) in [7, 11) is 0. The number of aromatic nitrogens is 2. The van der Waals surface area contributed by atoms with Gasteiger partial charge >= 0.3 is 0 Å². The lowest BCUT2D eigenvalue weighted by Gasteiger charge is -2.32. The quantitative estimate of drug-likeness (QED) is 0.508. The van der Waals surface area contributed by atoms with E-state index in [0.29, 0.717) is 29.8 Å². The molecule has 172 valence electrons. The van der Waals surface area contributed by atoms with Crippen molar-refractivity contribution in [2.24, 2.45) is 0 Å². The standard InChI is InChI=1S/C27H30N2O4/c1-6-16-18-12-15(33-26(3,4)5)8-10-21(18)28-24-19(16)14-29-22(24)13-20-17(25(29)31)9-11-23(30)27(20,32)7-2/h8,10,12-13,32H,6-7,9,11,14H2,1-5H3/t27-/m0/s1. The maximum atomic E-state index is 13.5. The highest BCUT2D eigenvalue weighted by atomic mass is 16.5. The Bertz CT molecular complexity index is 1380. The number of rotatable bonds is 3. The molecule has 0 saturated carbocycles. The van der Waals surface area contributed by atoms with Crippen LogP contribution in [0.3, 0.4) is 0 Å². The zero-order chi connectivity index (χ0) is 23.7. The van der Waals surface area contributed by atoms with E-state index in [1.165, 1.54) is 0 Å². The number of carbonyl (C=O) groups excluding carboxylic acids is 1. The Labute approximate surface area is 193 Å². The van der Waals surface area contributed by atoms with Crippen LogP contribution in [0.4, 0.5) is 0 Å². The van der Waals surface area contributed by atoms with E-state index in [1.807, 2.05) is 45.0 Å². The highest BCUT2D eigenvalue weighted by molar-refractivity contribution is 5.92. The molecule has 6 heteroatoms. The molecule has 0 spiro atoms. The molecule has 2 aliphatic rings. The predicted octanol–water partition coefficient (Wildman–Crippen LogP) is 4.28. The zero-order valence-electron chi connectivity index (χ0n) is 19.9. The van der Waals surface area contributed by atoms with Gasteiger partial charge < -0.3 is 14.4 Å². The van der Waals surface area contributed by atoms with Crippen LogP contribution < -0.4 is 10.3 Å². The lowest BCUT2D eigenvalue weighted by molar-refractivity contribution is -0.140. The van der Waals surface area contributed by atoms with Crippen molar-refractivity contribution in [1.29, 1.82) is 0 Å². The highest BCUT2D eigenvalue weighted by Crippen LogP contribution is 2.41. The number of ketones is 1. The van der Waals surface area contributed by atoms with Crippen molar-refractivity contribution in [2.75, 3.05) is 0 Å². The summed E-state index contributed by atoms with van der Waals surface area (Å²) < 4.78 is 7.84. The Morgan fingerprint density at radius 3 is 2.55 bits per heavy atom. The number of carbonyl (C=O) groups is 1. The first-order valence-electron chi connectivity index (χ1n) is 11.7. The summed E-state index contributed by atoms with van der Waals surface area (Å²) >= 11 is 0. The van der Waals surface area contributed by atoms with Crippen LogP contribution in [0.1, 0.15) is 69.7 Å². The lowest BCUT2D eigenvalue weighted by Crippen LogP contribution is -2.43. The molecule has 3 aromatic rings. The molecule has 1 aliphatic heterocycles. The fourth-order valence-electron chi connectivity index (χ4n) is 5.35. The molecular formula is C27H30N2O4. The third-order valence-corrected chi connectivity index (χ3v) is 6.93. The molecule has 1 aliphatic carbocycles. The van der Waals surface area contributed by atoms with Gasteiger partial charge in [-0.2, -0.15) is 0 Å². The van der Waals surface area contributed by atoms with Crippen molar-refractivity contribution in [2.45, 2.75) is 78.0 Å². The molecule has 0 fully saturated rings. The third-order valence-electron chi connectivity index (χ3n) is 6.93. The molecule has 0 bridgehead atoms. The maximum Gasteiger partial charge on any atom is 0.254 e. The summed E-state index contributed by atoms with van der Waals surface area (Å²) in [4.78, 5) is 31.0. The first-order valence-corrected chi connectivity index (χ1v) is 11.7. The van der Waals surface area contributed by atoms with Gasteiger partial charge in [-0.3, -0.25) is 9.59 Å². The number of aryl methyl sites for hydroxylation is 1. The molecule has 33 heavy (non-hydrogen) atoms. The smallest absolute Gasteiger partial charge is 0.254 e. The Morgan fingerprint density at radius 2 is 1.88 bits per heavy atom. The molecular weight excluding hydrogens is 416 g/mol. The zero-order valence-corrected chi connectivity index (χ0v) is 19.9. The minimum Gasteiger partial charge on any atom is -0.488 e. The van der Waals surface area contributed by atoms with E-state index in [-0.39, 0.29) is 29.8 Å². The van der Waals surface area contributed by atoms with Gasteiger partial charge in [0.1, 0.15) is 17.0 Å². The molecule has 6 nitrogen and oxygen atoms in total. The minimum absolute atomic E-state index is 0.122. The number of benzene rings is 1. The minimum atomic E-state index is -1.60. The summed E-state index contributed by atoms with van der Waals surface area (Å²) in [5, 5.41) is 12.2. The maximum absolute atomic E-state index is 13.5. The number of nitrogens with zero attached hydrogens (tertiary/aromatic N) is 2. The summed E-state index contributed by atoms with van der Waals surface area (Å²) in [6, 6.07) is 7.76. The topological polar surface area (TPSA) is 81.4 Å². The molecule has 2 aromatic heterocycles. The van der Waals surface area contributed by atoms with Crippen molar-refractivity contribution in [3.8, 4) is 17.1 Å². The second kappa shape index (κ2) is 7.26. The van der Waals surface area contributed by atoms with Crippen LogP contribution in [0.25, 0.3) is 22.3 Å². The first kappa shape index (κ1) is 21.8. The SMILES string of the molecule is CCc1c2c(nc3ccc(OC(C)(C)C)cc13)-c1cc3c(c(=O)n1C2)CCC(=O)[C@]3(O)CC. The largest absolute Gasteiger partial charge is 0.488 e. The van der Waals surface area contributed by atoms with E-state index in [2.05, 4.69) is 6.92 Å². The number of fused-ring (bicyclic) bond motifs is 5. The average Bonchev–Trinajstić information content (AvgIpc) is 3.12. The third kappa shape index (κ3) is 3.22. The van der Waals surface area contributed by atoms with Crippen molar-refractivity contribution in [1.82, 2.24) is 9.55 Å². The fraction of sp³-hybridized carbons (Fsp3) is 0.444. The summed E-state index contributed by atoms with van der Waals surface area (Å²) in [6.45, 7) is 10.4. The number of pyridine rings is 2. The molecule has 3 heterocycles. The van der Waals surface area contributed by atoms with E-state index in [9.17, 15) is 14.7 Å². The van der Waals surface area contributed by atoms with Crippen LogP contribution >= 0.6 is 0 Å². The van der Waals surface area contributed by atoms with Gasteiger partial charge in [0.15, 0.2) is 5.78 Å². The van der Waals surface area contributed by atoms with Crippen molar-refractivity contribution in [3.05, 3.63) is 56.9 Å². The average molecular weight is 447 g/mol. The van der Waals surface area contributed by atoms with Gasteiger partial charge in [-0.05, 0) is 69.9 Å². The summed E-state index contributed by atoms with van der Waals surface area (Å²) in [6.07, 6.45) is 1.60. The summed E-state index contributed by atoms with van der Waals surface area (Å²) in [5.41, 5.74) is 3.45. The van der Waals surface area contributed by atoms with Crippen LogP contribution in [0.15, 0.2) is 29.1 Å². The molecule has 1 aromatic carbocycles. The number of aliphatic hydroxyl groups is 1. The second-order valence-electron chi connectivity index (χ2n) is 10.1. The Hall–Kier alpha value is -2.99. The van der Waals surface area contributed by atoms with Gasteiger partial charge in [0, 0.05) is 28.5 Å². The van der Waals surface area contributed by atoms with Crippen LogP contribution in [-0.2, 0) is 29.8 Å². The van der Waals surface area contributed by atoms with Crippen molar-refractivity contribution < 1.29 is 14.6 Å². The lowest BCUT2D eigenvalue weighted by atomic mass is 9.77. The van der Waals surface area contributed by atoms with E-state index in [0.717, 1.165) is 39.9 Å². The van der Waals surface area contributed by atoms with E-state index >= 15 is 0 Å². The van der Waals surface area contributed by atoms with Gasteiger partial charge in [0.05, 0.1) is 23.4 Å². The number of hydrogen-bond acceptors (Lipinski definition) is 5. The predicted molar refractivity (Wildman–Crippen MR) is 128 cm³/mol. The Morgan fingerprint density at radius 1 is 1.12 bits per heavy atom. The van der Waals surface area contributed by atoms with Crippen LogP contribution in [0.2, 0.25) is 0 Å². The first-order chi connectivity index (χ1) is 15.6. The Kier molecular flexibility index (Phi) is 4.80. The van der Waals surface area contributed by atoms with Gasteiger partial charge in [0.25, 0.3) is 5.56 Å². The molecule has 0 saturated heterocycles. The van der Waals surface area contributed by atoms with Crippen LogP contribution in [-0.4, -0.2) is 26.0 Å². The molecule has 5 rings (SSSR count). The molecule has 0 radical (unpaired) electrons. The molecule has 0 amide bonds. The number of hydrogen-bond donors (Lipinski definition) is 1. The fourth-order valence-corrected chi connectivity index (χ4v) is 5.35. The van der Waals surface area contributed by atoms with Gasteiger partial charge in [-0.15, -0.1) is 0 Å². The molecule has 1 N–H and O–H groups in total. The van der Waals surface area contributed by atoms with Crippen molar-refractivity contribution in [3.63, 3.8) is 0 Å². The number of ether oxygens (including phenoxy) is 1. The Balaban J connectivity index is 1.74. The van der Waals surface area contributed by atoms with E-state index in [4.69, 9.17) is 9.72 Å². The second-order valence-corrected chi connectivity index (χ2v) is 10.1. The van der Waals surface area contributed by atoms with Gasteiger partial charge in [0.2, 0.25) is 0 Å². The monoisotopic (exact) mass is 446 g/mol. The normalized spacial score (nSPS) is 19.4. The molecule has 0 unspecified atom stereocenters. The van der Waals surface area contributed by atoms with Crippen LogP contribution in [0, 0.1) is 0 Å². The molecule has 1 atom stereocenters. The summed E-state index contributed by atoms with van der Waals surface area (Å²) in [5.74, 6) is 0.577. The van der Waals surface area contributed by atoms with Gasteiger partial charge in [-0.1, -0.05) is 13.8 Å².